The molecular weight excluding hydrogens is 348 g/mol. The molecule has 3 rings (SSSR count). The van der Waals surface area contributed by atoms with Gasteiger partial charge in [-0.05, 0) is 60.9 Å². The van der Waals surface area contributed by atoms with E-state index in [0.29, 0.717) is 5.92 Å². The van der Waals surface area contributed by atoms with E-state index >= 15 is 0 Å². The normalized spacial score (nSPS) is 15.7. The fourth-order valence-corrected chi connectivity index (χ4v) is 3.94. The van der Waals surface area contributed by atoms with Crippen LogP contribution in [-0.2, 0) is 6.42 Å². The highest BCUT2D eigenvalue weighted by Crippen LogP contribution is 2.37. The number of hydrogen-bond donors (Lipinski definition) is 0. The zero-order valence-corrected chi connectivity index (χ0v) is 17.7. The molecule has 0 bridgehead atoms. The van der Waals surface area contributed by atoms with E-state index in [4.69, 9.17) is 0 Å². The maximum atomic E-state index is 3.96. The third-order valence-electron chi connectivity index (χ3n) is 5.61. The third-order valence-corrected chi connectivity index (χ3v) is 5.61. The molecule has 2 aromatic carbocycles. The van der Waals surface area contributed by atoms with Gasteiger partial charge in [0, 0.05) is 17.9 Å². The Labute approximate surface area is 177 Å². The summed E-state index contributed by atoms with van der Waals surface area (Å²) in [5.41, 5.74) is 6.82. The molecule has 0 saturated heterocycles. The minimum Gasteiger partial charge on any atom is -0.0988 e. The number of unbranched alkanes of at least 4 members (excludes halogenated alkanes) is 2. The van der Waals surface area contributed by atoms with E-state index in [1.165, 1.54) is 29.5 Å². The van der Waals surface area contributed by atoms with Crippen LogP contribution >= 0.6 is 0 Å². The van der Waals surface area contributed by atoms with E-state index in [9.17, 15) is 0 Å². The summed E-state index contributed by atoms with van der Waals surface area (Å²) < 4.78 is 0. The molecule has 1 aliphatic carbocycles. The molecule has 0 aliphatic heterocycles. The molecule has 0 heterocycles. The Balaban J connectivity index is 1.50. The van der Waals surface area contributed by atoms with Gasteiger partial charge < -0.3 is 0 Å². The standard InChI is InChI=1S/C29H32/c1-3-12-25-17-19-26(20-18-25)13-8-5-6-9-16-28-22-21-24(4-2)23-29(28)27-14-10-7-11-15-27/h4,7,10-11,14-15,17-22,29H,2-3,5-6,9,12,16,23H2,1H3. The van der Waals surface area contributed by atoms with E-state index in [2.05, 4.69) is 92.1 Å². The SMILES string of the molecule is C=CC1=CC=C(CCCCC#Cc2ccc(CCC)cc2)C(c2ccccc2)C1. The van der Waals surface area contributed by atoms with Crippen LogP contribution in [0.25, 0.3) is 0 Å². The van der Waals surface area contributed by atoms with Crippen LogP contribution in [-0.4, -0.2) is 0 Å². The van der Waals surface area contributed by atoms with E-state index in [0.717, 1.165) is 37.7 Å². The van der Waals surface area contributed by atoms with Crippen molar-refractivity contribution in [2.75, 3.05) is 0 Å². The van der Waals surface area contributed by atoms with Crippen molar-refractivity contribution in [1.29, 1.82) is 0 Å². The predicted molar refractivity (Wildman–Crippen MR) is 126 cm³/mol. The summed E-state index contributed by atoms with van der Waals surface area (Å²) in [5, 5.41) is 0. The Kier molecular flexibility index (Phi) is 8.14. The fraction of sp³-hybridized carbons (Fsp3) is 0.310. The molecule has 0 heteroatoms. The Morgan fingerprint density at radius 2 is 1.76 bits per heavy atom. The van der Waals surface area contributed by atoms with Crippen LogP contribution in [0, 0.1) is 11.8 Å². The van der Waals surface area contributed by atoms with Gasteiger partial charge >= 0.3 is 0 Å². The second-order valence-electron chi connectivity index (χ2n) is 7.81. The van der Waals surface area contributed by atoms with E-state index in [-0.39, 0.29) is 0 Å². The highest BCUT2D eigenvalue weighted by molar-refractivity contribution is 5.40. The smallest absolute Gasteiger partial charge is 0.0245 e. The second-order valence-corrected chi connectivity index (χ2v) is 7.81. The molecule has 1 aliphatic rings. The van der Waals surface area contributed by atoms with Crippen molar-refractivity contribution in [1.82, 2.24) is 0 Å². The van der Waals surface area contributed by atoms with Gasteiger partial charge in [0.2, 0.25) is 0 Å². The Morgan fingerprint density at radius 1 is 0.966 bits per heavy atom. The molecule has 0 saturated carbocycles. The van der Waals surface area contributed by atoms with E-state index in [1.807, 2.05) is 6.08 Å². The van der Waals surface area contributed by atoms with Crippen LogP contribution in [0.3, 0.4) is 0 Å². The minimum atomic E-state index is 0.488. The van der Waals surface area contributed by atoms with Crippen molar-refractivity contribution >= 4 is 0 Å². The maximum absolute atomic E-state index is 3.96. The summed E-state index contributed by atoms with van der Waals surface area (Å²) in [7, 11) is 0. The predicted octanol–water partition coefficient (Wildman–Crippen LogP) is 7.78. The van der Waals surface area contributed by atoms with Crippen LogP contribution in [0.4, 0.5) is 0 Å². The van der Waals surface area contributed by atoms with Crippen molar-refractivity contribution in [2.24, 2.45) is 0 Å². The number of aryl methyl sites for hydroxylation is 1. The van der Waals surface area contributed by atoms with E-state index in [1.54, 1.807) is 5.57 Å². The quantitative estimate of drug-likeness (QED) is 0.324. The first-order valence-electron chi connectivity index (χ1n) is 10.9. The lowest BCUT2D eigenvalue weighted by atomic mass is 9.80. The van der Waals surface area contributed by atoms with Crippen LogP contribution in [0.2, 0.25) is 0 Å². The van der Waals surface area contributed by atoms with Gasteiger partial charge in [0.05, 0.1) is 0 Å². The molecule has 0 spiro atoms. The summed E-state index contributed by atoms with van der Waals surface area (Å²) >= 11 is 0. The number of benzene rings is 2. The molecule has 1 atom stereocenters. The van der Waals surface area contributed by atoms with Gasteiger partial charge in [-0.25, -0.2) is 0 Å². The number of rotatable bonds is 8. The van der Waals surface area contributed by atoms with Crippen molar-refractivity contribution in [3.05, 3.63) is 107 Å². The molecule has 0 amide bonds. The summed E-state index contributed by atoms with van der Waals surface area (Å²) in [5.74, 6) is 7.16. The first-order chi connectivity index (χ1) is 14.3. The Morgan fingerprint density at radius 3 is 2.48 bits per heavy atom. The summed E-state index contributed by atoms with van der Waals surface area (Å²) in [6.45, 7) is 6.18. The molecule has 0 aromatic heterocycles. The van der Waals surface area contributed by atoms with Crippen molar-refractivity contribution in [3.63, 3.8) is 0 Å². The zero-order chi connectivity index (χ0) is 20.3. The largest absolute Gasteiger partial charge is 0.0988 e. The minimum absolute atomic E-state index is 0.488. The lowest BCUT2D eigenvalue weighted by Crippen LogP contribution is -2.07. The number of allylic oxidation sites excluding steroid dienone is 5. The molecule has 0 nitrogen and oxygen atoms in total. The van der Waals surface area contributed by atoms with Gasteiger partial charge in [0.25, 0.3) is 0 Å². The Bertz CT molecular complexity index is 898. The van der Waals surface area contributed by atoms with Crippen LogP contribution in [0.15, 0.2) is 90.6 Å². The monoisotopic (exact) mass is 380 g/mol. The van der Waals surface area contributed by atoms with Crippen molar-refractivity contribution in [2.45, 2.75) is 57.8 Å². The first kappa shape index (κ1) is 20.9. The Hall–Kier alpha value is -2.78. The first-order valence-corrected chi connectivity index (χ1v) is 10.9. The highest BCUT2D eigenvalue weighted by Gasteiger charge is 2.19. The van der Waals surface area contributed by atoms with Gasteiger partial charge in [-0.3, -0.25) is 0 Å². The van der Waals surface area contributed by atoms with Gasteiger partial charge in [-0.15, -0.1) is 0 Å². The fourth-order valence-electron chi connectivity index (χ4n) is 3.94. The molecule has 148 valence electrons. The topological polar surface area (TPSA) is 0 Å². The van der Waals surface area contributed by atoms with Gasteiger partial charge in [0.15, 0.2) is 0 Å². The number of hydrogen-bond acceptors (Lipinski definition) is 0. The average Bonchev–Trinajstić information content (AvgIpc) is 2.78. The molecule has 29 heavy (non-hydrogen) atoms. The summed E-state index contributed by atoms with van der Waals surface area (Å²) in [4.78, 5) is 0. The average molecular weight is 381 g/mol. The van der Waals surface area contributed by atoms with Gasteiger partial charge in [-0.1, -0.05) is 98.0 Å². The lowest BCUT2D eigenvalue weighted by molar-refractivity contribution is 0.673. The molecule has 1 unspecified atom stereocenters. The molecule has 0 fully saturated rings. The molecule has 2 aromatic rings. The molecule has 0 radical (unpaired) electrons. The lowest BCUT2D eigenvalue weighted by Gasteiger charge is -2.25. The van der Waals surface area contributed by atoms with Gasteiger partial charge in [-0.2, -0.15) is 0 Å². The second kappa shape index (κ2) is 11.3. The van der Waals surface area contributed by atoms with E-state index < -0.39 is 0 Å². The van der Waals surface area contributed by atoms with Gasteiger partial charge in [0.1, 0.15) is 0 Å². The summed E-state index contributed by atoms with van der Waals surface area (Å²) in [6, 6.07) is 19.6. The highest BCUT2D eigenvalue weighted by atomic mass is 14.2. The zero-order valence-electron chi connectivity index (χ0n) is 17.7. The van der Waals surface area contributed by atoms with Crippen LogP contribution in [0.5, 0.6) is 0 Å². The van der Waals surface area contributed by atoms with Crippen molar-refractivity contribution < 1.29 is 0 Å². The molecular formula is C29H32. The maximum Gasteiger partial charge on any atom is 0.0245 e. The van der Waals surface area contributed by atoms with Crippen LogP contribution < -0.4 is 0 Å². The van der Waals surface area contributed by atoms with Crippen molar-refractivity contribution in [3.8, 4) is 11.8 Å². The third kappa shape index (κ3) is 6.37. The van der Waals surface area contributed by atoms with Crippen LogP contribution in [0.1, 0.15) is 68.1 Å². The summed E-state index contributed by atoms with van der Waals surface area (Å²) in [6.07, 6.45) is 14.4. The molecule has 0 N–H and O–H groups in total.